The minimum absolute atomic E-state index is 0.0525. The second kappa shape index (κ2) is 5.97. The van der Waals surface area contributed by atoms with E-state index in [1.165, 1.54) is 0 Å². The third-order valence-corrected chi connectivity index (χ3v) is 4.52. The number of pyridine rings is 1. The summed E-state index contributed by atoms with van der Waals surface area (Å²) in [7, 11) is 0. The topological polar surface area (TPSA) is 72.4 Å². The summed E-state index contributed by atoms with van der Waals surface area (Å²) in [5.74, 6) is 0. The Morgan fingerprint density at radius 2 is 1.72 bits per heavy atom. The molecule has 0 bridgehead atoms. The smallest absolute Gasteiger partial charge is 0.266 e. The maximum Gasteiger partial charge on any atom is 0.266 e. The number of aromatic amines is 2. The van der Waals surface area contributed by atoms with E-state index in [1.54, 1.807) is 18.2 Å². The highest BCUT2D eigenvalue weighted by atomic mass is 35.5. The monoisotopic (exact) mass is 345 g/mol. The zero-order chi connectivity index (χ0) is 17.4. The molecule has 0 atom stereocenters. The van der Waals surface area contributed by atoms with E-state index in [0.717, 1.165) is 16.5 Å². The highest BCUT2D eigenvalue weighted by Crippen LogP contribution is 2.33. The first-order valence-corrected chi connectivity index (χ1v) is 8.05. The molecule has 4 rings (SSSR count). The molecule has 2 aromatic heterocycles. The van der Waals surface area contributed by atoms with Crippen molar-refractivity contribution in [2.45, 2.75) is 0 Å². The average Bonchev–Trinajstić information content (AvgIpc) is 3.05. The number of hydrogen-bond donors (Lipinski definition) is 2. The summed E-state index contributed by atoms with van der Waals surface area (Å²) in [6, 6.07) is 18.8. The molecule has 0 aliphatic rings. The molecule has 0 aliphatic carbocycles. The van der Waals surface area contributed by atoms with Gasteiger partial charge in [0.2, 0.25) is 0 Å². The third kappa shape index (κ3) is 2.51. The SMILES string of the molecule is N#Cc1c(-c2ccccc2Cl)cc(-c2c[nH]c3ccccc23)[nH]c1=O. The molecule has 4 nitrogen and oxygen atoms in total. The molecule has 0 unspecified atom stereocenters. The van der Waals surface area contributed by atoms with Crippen LogP contribution < -0.4 is 5.56 Å². The lowest BCUT2D eigenvalue weighted by atomic mass is 9.99. The van der Waals surface area contributed by atoms with Gasteiger partial charge in [0.15, 0.2) is 0 Å². The van der Waals surface area contributed by atoms with E-state index < -0.39 is 5.56 Å². The van der Waals surface area contributed by atoms with Gasteiger partial charge in [-0.05, 0) is 18.2 Å². The number of nitrogens with one attached hydrogen (secondary N) is 2. The van der Waals surface area contributed by atoms with Crippen LogP contribution in [0.5, 0.6) is 0 Å². The summed E-state index contributed by atoms with van der Waals surface area (Å²) in [6.07, 6.45) is 1.85. The van der Waals surface area contributed by atoms with Gasteiger partial charge in [-0.3, -0.25) is 4.79 Å². The minimum Gasteiger partial charge on any atom is -0.360 e. The standard InChI is InChI=1S/C20H12ClN3O/c21-17-7-3-1-5-12(17)14-9-19(24-20(25)15(14)10-22)16-11-23-18-8-4-2-6-13(16)18/h1-9,11,23H,(H,24,25). The van der Waals surface area contributed by atoms with Gasteiger partial charge >= 0.3 is 0 Å². The molecule has 0 aliphatic heterocycles. The van der Waals surface area contributed by atoms with Crippen molar-refractivity contribution in [2.75, 3.05) is 0 Å². The van der Waals surface area contributed by atoms with Gasteiger partial charge in [-0.25, -0.2) is 0 Å². The third-order valence-electron chi connectivity index (χ3n) is 4.19. The molecule has 25 heavy (non-hydrogen) atoms. The molecule has 0 radical (unpaired) electrons. The van der Waals surface area contributed by atoms with Crippen molar-refractivity contribution < 1.29 is 0 Å². The normalized spacial score (nSPS) is 10.7. The Morgan fingerprint density at radius 1 is 0.960 bits per heavy atom. The summed E-state index contributed by atoms with van der Waals surface area (Å²) in [4.78, 5) is 18.5. The van der Waals surface area contributed by atoms with Crippen molar-refractivity contribution in [3.8, 4) is 28.5 Å². The fraction of sp³-hybridized carbons (Fsp3) is 0. The van der Waals surface area contributed by atoms with Crippen molar-refractivity contribution in [3.05, 3.63) is 81.7 Å². The Balaban J connectivity index is 2.02. The maximum absolute atomic E-state index is 12.5. The van der Waals surface area contributed by atoms with Crippen LogP contribution in [0, 0.1) is 11.3 Å². The van der Waals surface area contributed by atoms with Gasteiger partial charge in [-0.15, -0.1) is 0 Å². The van der Waals surface area contributed by atoms with Crippen LogP contribution in [0.3, 0.4) is 0 Å². The Hall–Kier alpha value is -3.29. The first-order valence-electron chi connectivity index (χ1n) is 7.68. The van der Waals surface area contributed by atoms with Gasteiger partial charge in [0.25, 0.3) is 5.56 Å². The van der Waals surface area contributed by atoms with Gasteiger partial charge in [-0.2, -0.15) is 5.26 Å². The number of benzene rings is 2. The van der Waals surface area contributed by atoms with Crippen molar-refractivity contribution in [2.24, 2.45) is 0 Å². The van der Waals surface area contributed by atoms with Crippen LogP contribution in [0.25, 0.3) is 33.3 Å². The number of aromatic nitrogens is 2. The number of para-hydroxylation sites is 1. The molecule has 0 fully saturated rings. The quantitative estimate of drug-likeness (QED) is 0.552. The van der Waals surface area contributed by atoms with Crippen LogP contribution in [0.1, 0.15) is 5.56 Å². The van der Waals surface area contributed by atoms with E-state index >= 15 is 0 Å². The summed E-state index contributed by atoms with van der Waals surface area (Å²) in [5.41, 5.74) is 3.28. The van der Waals surface area contributed by atoms with Gasteiger partial charge in [0.05, 0.1) is 5.69 Å². The number of hydrogen-bond acceptors (Lipinski definition) is 2. The molecule has 0 saturated heterocycles. The fourth-order valence-electron chi connectivity index (χ4n) is 3.00. The van der Waals surface area contributed by atoms with E-state index in [0.29, 0.717) is 21.8 Å². The Bertz CT molecular complexity index is 1200. The van der Waals surface area contributed by atoms with Crippen molar-refractivity contribution in [3.63, 3.8) is 0 Å². The lowest BCUT2D eigenvalue weighted by Crippen LogP contribution is -2.12. The van der Waals surface area contributed by atoms with Crippen LogP contribution >= 0.6 is 11.6 Å². The number of nitrogens with zero attached hydrogens (tertiary/aromatic N) is 1. The fourth-order valence-corrected chi connectivity index (χ4v) is 3.24. The molecule has 0 saturated carbocycles. The molecule has 120 valence electrons. The lowest BCUT2D eigenvalue weighted by molar-refractivity contribution is 1.22. The second-order valence-corrected chi connectivity index (χ2v) is 6.05. The summed E-state index contributed by atoms with van der Waals surface area (Å²) >= 11 is 6.28. The first kappa shape index (κ1) is 15.3. The molecule has 0 spiro atoms. The molecule has 2 N–H and O–H groups in total. The predicted molar refractivity (Wildman–Crippen MR) is 99.5 cm³/mol. The number of nitriles is 1. The summed E-state index contributed by atoms with van der Waals surface area (Å²) in [5, 5.41) is 10.9. The van der Waals surface area contributed by atoms with Crippen molar-refractivity contribution >= 4 is 22.5 Å². The van der Waals surface area contributed by atoms with Crippen LogP contribution in [0.15, 0.2) is 65.6 Å². The van der Waals surface area contributed by atoms with E-state index in [1.807, 2.05) is 48.7 Å². The molecule has 4 aromatic rings. The first-order chi connectivity index (χ1) is 12.2. The van der Waals surface area contributed by atoms with Crippen LogP contribution in [0.2, 0.25) is 5.02 Å². The Labute approximate surface area is 148 Å². The van der Waals surface area contributed by atoms with Gasteiger partial charge in [0.1, 0.15) is 11.6 Å². The second-order valence-electron chi connectivity index (χ2n) is 5.64. The lowest BCUT2D eigenvalue weighted by Gasteiger charge is -2.09. The van der Waals surface area contributed by atoms with Crippen LogP contribution in [-0.4, -0.2) is 9.97 Å². The zero-order valence-electron chi connectivity index (χ0n) is 13.0. The predicted octanol–water partition coefficient (Wildman–Crippen LogP) is 4.72. The molecule has 2 aromatic carbocycles. The van der Waals surface area contributed by atoms with Crippen LogP contribution in [-0.2, 0) is 0 Å². The van der Waals surface area contributed by atoms with Crippen LogP contribution in [0.4, 0.5) is 0 Å². The highest BCUT2D eigenvalue weighted by Gasteiger charge is 2.16. The number of H-pyrrole nitrogens is 2. The molecule has 5 heteroatoms. The Kier molecular flexibility index (Phi) is 3.64. The molecule has 2 heterocycles. The minimum atomic E-state index is -0.430. The largest absolute Gasteiger partial charge is 0.360 e. The molecular formula is C20H12ClN3O. The molecule has 0 amide bonds. The van der Waals surface area contributed by atoms with Crippen molar-refractivity contribution in [1.82, 2.24) is 9.97 Å². The van der Waals surface area contributed by atoms with E-state index in [-0.39, 0.29) is 5.56 Å². The van der Waals surface area contributed by atoms with Gasteiger partial charge in [0, 0.05) is 38.8 Å². The summed E-state index contributed by atoms with van der Waals surface area (Å²) < 4.78 is 0. The number of halogens is 1. The zero-order valence-corrected chi connectivity index (χ0v) is 13.8. The van der Waals surface area contributed by atoms with E-state index in [2.05, 4.69) is 9.97 Å². The average molecular weight is 346 g/mol. The Morgan fingerprint density at radius 3 is 2.52 bits per heavy atom. The molecular weight excluding hydrogens is 334 g/mol. The van der Waals surface area contributed by atoms with Crippen molar-refractivity contribution in [1.29, 1.82) is 5.26 Å². The highest BCUT2D eigenvalue weighted by molar-refractivity contribution is 6.33. The number of rotatable bonds is 2. The van der Waals surface area contributed by atoms with Gasteiger partial charge in [-0.1, -0.05) is 48.0 Å². The number of fused-ring (bicyclic) bond motifs is 1. The van der Waals surface area contributed by atoms with E-state index in [4.69, 9.17) is 11.6 Å². The van der Waals surface area contributed by atoms with Gasteiger partial charge < -0.3 is 9.97 Å². The maximum atomic E-state index is 12.5. The van der Waals surface area contributed by atoms with E-state index in [9.17, 15) is 10.1 Å². The summed E-state index contributed by atoms with van der Waals surface area (Å²) in [6.45, 7) is 0.